The van der Waals surface area contributed by atoms with Crippen LogP contribution in [0.3, 0.4) is 0 Å². The topological polar surface area (TPSA) is 72.0 Å². The predicted octanol–water partition coefficient (Wildman–Crippen LogP) is 1.68. The summed E-state index contributed by atoms with van der Waals surface area (Å²) >= 11 is 5.78. The summed E-state index contributed by atoms with van der Waals surface area (Å²) in [6, 6.07) is 1.34. The highest BCUT2D eigenvalue weighted by Gasteiger charge is 2.58. The third-order valence-electron chi connectivity index (χ3n) is 3.25. The Kier molecular flexibility index (Phi) is 2.82. The molecule has 2 aliphatic rings. The number of hydrogen-bond acceptors (Lipinski definition) is 4. The van der Waals surface area contributed by atoms with Gasteiger partial charge in [0.1, 0.15) is 0 Å². The third kappa shape index (κ3) is 2.18. The van der Waals surface area contributed by atoms with Crippen molar-refractivity contribution >= 4 is 28.9 Å². The zero-order chi connectivity index (χ0) is 14.5. The van der Waals surface area contributed by atoms with Crippen molar-refractivity contribution in [1.82, 2.24) is 15.5 Å². The van der Waals surface area contributed by atoms with E-state index in [0.29, 0.717) is 0 Å². The molecule has 0 radical (unpaired) electrons. The summed E-state index contributed by atoms with van der Waals surface area (Å²) < 4.78 is 26.2. The van der Waals surface area contributed by atoms with Gasteiger partial charge in [-0.2, -0.15) is 0 Å². The predicted molar refractivity (Wildman–Crippen MR) is 65.1 cm³/mol. The van der Waals surface area contributed by atoms with Crippen LogP contribution in [0.15, 0.2) is 12.3 Å². The highest BCUT2D eigenvalue weighted by molar-refractivity contribution is 6.30. The molecule has 20 heavy (non-hydrogen) atoms. The summed E-state index contributed by atoms with van der Waals surface area (Å²) in [5, 5.41) is 9.63. The van der Waals surface area contributed by atoms with E-state index < -0.39 is 23.5 Å². The fraction of sp³-hybridized carbons (Fsp3) is 0.333. The van der Waals surface area contributed by atoms with E-state index in [1.54, 1.807) is 0 Å². The van der Waals surface area contributed by atoms with Gasteiger partial charge in [-0.3, -0.25) is 9.59 Å². The minimum Gasteiger partial charge on any atom is -0.331 e. The second kappa shape index (κ2) is 4.31. The molecule has 0 unspecified atom stereocenters. The lowest BCUT2D eigenvalue weighted by molar-refractivity contribution is -0.125. The maximum Gasteiger partial charge on any atom is 0.256 e. The first-order valence-corrected chi connectivity index (χ1v) is 6.20. The summed E-state index contributed by atoms with van der Waals surface area (Å²) in [6.07, 6.45) is 0.619. The van der Waals surface area contributed by atoms with Crippen LogP contribution in [-0.4, -0.2) is 27.8 Å². The molecule has 3 rings (SSSR count). The van der Waals surface area contributed by atoms with Gasteiger partial charge in [-0.05, 0) is 6.07 Å². The van der Waals surface area contributed by atoms with Crippen LogP contribution in [0.2, 0.25) is 5.15 Å². The van der Waals surface area contributed by atoms with E-state index in [-0.39, 0.29) is 34.8 Å². The largest absolute Gasteiger partial charge is 0.331 e. The van der Waals surface area contributed by atoms with E-state index >= 15 is 0 Å². The monoisotopic (exact) mass is 299 g/mol. The molecule has 8 heteroatoms. The molecule has 0 aromatic carbocycles. The van der Waals surface area contributed by atoms with E-state index in [0.717, 1.165) is 0 Å². The maximum atomic E-state index is 13.1. The van der Waals surface area contributed by atoms with Crippen molar-refractivity contribution in [3.63, 3.8) is 0 Å². The van der Waals surface area contributed by atoms with Gasteiger partial charge in [-0.1, -0.05) is 11.6 Å². The second-order valence-electron chi connectivity index (χ2n) is 4.72. The van der Waals surface area contributed by atoms with Gasteiger partial charge in [0.15, 0.2) is 10.9 Å². The number of Topliss-reactive ketones (excluding diaryl/α,β-unsaturated/α-hetero) is 1. The Morgan fingerprint density at radius 1 is 1.35 bits per heavy atom. The molecule has 0 bridgehead atoms. The van der Waals surface area contributed by atoms with Gasteiger partial charge in [0.2, 0.25) is 5.91 Å². The molecule has 1 saturated carbocycles. The van der Waals surface area contributed by atoms with Gasteiger partial charge < -0.3 is 5.32 Å². The number of carbonyl (C=O) groups is 2. The van der Waals surface area contributed by atoms with Gasteiger partial charge in [-0.15, -0.1) is 10.2 Å². The van der Waals surface area contributed by atoms with Crippen molar-refractivity contribution in [2.24, 2.45) is 0 Å². The highest BCUT2D eigenvalue weighted by atomic mass is 35.5. The first-order valence-electron chi connectivity index (χ1n) is 5.82. The number of hydrogen-bond donors (Lipinski definition) is 1. The van der Waals surface area contributed by atoms with Gasteiger partial charge in [0.25, 0.3) is 5.92 Å². The van der Waals surface area contributed by atoms with E-state index in [2.05, 4.69) is 15.5 Å². The van der Waals surface area contributed by atoms with Crippen molar-refractivity contribution in [2.45, 2.75) is 24.7 Å². The van der Waals surface area contributed by atoms with Crippen LogP contribution in [0.4, 0.5) is 8.78 Å². The highest BCUT2D eigenvalue weighted by Crippen LogP contribution is 2.56. The Bertz CT molecular complexity index is 660. The van der Waals surface area contributed by atoms with Crippen LogP contribution >= 0.6 is 11.6 Å². The number of rotatable bonds is 2. The summed E-state index contributed by atoms with van der Waals surface area (Å²) in [4.78, 5) is 22.8. The quantitative estimate of drug-likeness (QED) is 0.843. The number of ketones is 1. The molecule has 0 spiro atoms. The molecule has 1 amide bonds. The van der Waals surface area contributed by atoms with Crippen LogP contribution < -0.4 is 5.32 Å². The summed E-state index contributed by atoms with van der Waals surface area (Å²) in [5.41, 5.74) is 0.448. The lowest BCUT2D eigenvalue weighted by atomic mass is 10.0. The molecule has 1 fully saturated rings. The number of halogens is 3. The molecule has 1 aromatic heterocycles. The van der Waals surface area contributed by atoms with Gasteiger partial charge >= 0.3 is 0 Å². The molecule has 1 aromatic rings. The van der Waals surface area contributed by atoms with E-state index in [4.69, 9.17) is 11.6 Å². The number of carbonyl (C=O) groups excluding carboxylic acids is 2. The van der Waals surface area contributed by atoms with Crippen molar-refractivity contribution in [2.75, 3.05) is 0 Å². The molecular formula is C12H8ClF2N3O2. The zero-order valence-corrected chi connectivity index (χ0v) is 10.7. The Hall–Kier alpha value is -1.89. The Labute approximate surface area is 117 Å². The molecule has 2 heterocycles. The number of aromatic nitrogens is 2. The molecule has 1 aliphatic carbocycles. The average molecular weight is 300 g/mol. The molecule has 104 valence electrons. The molecular weight excluding hydrogens is 292 g/mol. The van der Waals surface area contributed by atoms with Crippen molar-refractivity contribution in [1.29, 1.82) is 0 Å². The summed E-state index contributed by atoms with van der Waals surface area (Å²) in [7, 11) is 0. The molecule has 0 saturated heterocycles. The molecule has 5 nitrogen and oxygen atoms in total. The number of nitrogens with one attached hydrogen (secondary N) is 1. The van der Waals surface area contributed by atoms with Crippen molar-refractivity contribution < 1.29 is 18.4 Å². The SMILES string of the molecule is O=C1CC(=O)C(c2cc([C@H]3CC3(F)F)c(Cl)nn2)=CN1. The normalized spacial score (nSPS) is 24.1. The van der Waals surface area contributed by atoms with Gasteiger partial charge in [0, 0.05) is 18.2 Å². The van der Waals surface area contributed by atoms with E-state index in [1.807, 2.05) is 0 Å². The van der Waals surface area contributed by atoms with Gasteiger partial charge in [0.05, 0.1) is 23.6 Å². The first kappa shape index (κ1) is 13.1. The second-order valence-corrected chi connectivity index (χ2v) is 5.08. The van der Waals surface area contributed by atoms with Gasteiger partial charge in [-0.25, -0.2) is 8.78 Å². The third-order valence-corrected chi connectivity index (χ3v) is 3.55. The van der Waals surface area contributed by atoms with Crippen molar-refractivity contribution in [3.05, 3.63) is 28.7 Å². The lowest BCUT2D eigenvalue weighted by Crippen LogP contribution is -2.27. The molecule has 1 aliphatic heterocycles. The minimum atomic E-state index is -2.79. The Balaban J connectivity index is 1.98. The lowest BCUT2D eigenvalue weighted by Gasteiger charge is -2.12. The number of alkyl halides is 2. The van der Waals surface area contributed by atoms with Crippen molar-refractivity contribution in [3.8, 4) is 0 Å². The van der Waals surface area contributed by atoms with E-state index in [1.165, 1.54) is 12.3 Å². The maximum absolute atomic E-state index is 13.1. The first-order chi connectivity index (χ1) is 9.38. The van der Waals surface area contributed by atoms with Crippen LogP contribution in [0.5, 0.6) is 0 Å². The Morgan fingerprint density at radius 3 is 2.65 bits per heavy atom. The van der Waals surface area contributed by atoms with Crippen LogP contribution in [-0.2, 0) is 9.59 Å². The van der Waals surface area contributed by atoms with Crippen LogP contribution in [0, 0.1) is 0 Å². The smallest absolute Gasteiger partial charge is 0.256 e. The fourth-order valence-corrected chi connectivity index (χ4v) is 2.28. The Morgan fingerprint density at radius 2 is 2.05 bits per heavy atom. The number of amides is 1. The van der Waals surface area contributed by atoms with Crippen LogP contribution in [0.25, 0.3) is 5.57 Å². The standard InChI is InChI=1S/C12H8ClF2N3O2/c13-11-5(7-3-12(7,14)15)1-8(17-18-11)6-4-16-10(20)2-9(6)19/h1,4,7H,2-3H2,(H,16,20)/t7-/m1/s1. The van der Waals surface area contributed by atoms with E-state index in [9.17, 15) is 18.4 Å². The fourth-order valence-electron chi connectivity index (χ4n) is 2.06. The number of nitrogens with zero attached hydrogens (tertiary/aromatic N) is 2. The van der Waals surface area contributed by atoms with Crippen LogP contribution in [0.1, 0.15) is 30.0 Å². The molecule has 1 N–H and O–H groups in total. The minimum absolute atomic E-state index is 0.0937. The average Bonchev–Trinajstić information content (AvgIpc) is 2.99. The molecule has 1 atom stereocenters. The number of allylic oxidation sites excluding steroid dienone is 1. The zero-order valence-electron chi connectivity index (χ0n) is 9.99. The summed E-state index contributed by atoms with van der Waals surface area (Å²) in [6.45, 7) is 0. The summed E-state index contributed by atoms with van der Waals surface area (Å²) in [5.74, 6) is -4.63.